The number of carbonyl (C=O) groups is 1. The Morgan fingerprint density at radius 3 is 2.38 bits per heavy atom. The average Bonchev–Trinajstić information content (AvgIpc) is 2.65. The summed E-state index contributed by atoms with van der Waals surface area (Å²) in [6.45, 7) is 8.46. The van der Waals surface area contributed by atoms with Gasteiger partial charge in [0.2, 0.25) is 0 Å². The number of hydrogen-bond donors (Lipinski definition) is 1. The maximum absolute atomic E-state index is 12.2. The van der Waals surface area contributed by atoms with Crippen molar-refractivity contribution in [2.75, 3.05) is 26.2 Å². The second-order valence-corrected chi connectivity index (χ2v) is 6.57. The van der Waals surface area contributed by atoms with Gasteiger partial charge in [0.05, 0.1) is 6.04 Å². The molecule has 0 aromatic heterocycles. The zero-order chi connectivity index (χ0) is 18.9. The largest absolute Gasteiger partial charge is 0.484 e. The lowest BCUT2D eigenvalue weighted by Gasteiger charge is -2.30. The Balaban J connectivity index is 1.96. The van der Waals surface area contributed by atoms with E-state index < -0.39 is 0 Å². The number of carbonyl (C=O) groups excluding carboxylic acids is 1. The van der Waals surface area contributed by atoms with Gasteiger partial charge in [0, 0.05) is 11.6 Å². The van der Waals surface area contributed by atoms with Crippen molar-refractivity contribution in [1.29, 1.82) is 0 Å². The van der Waals surface area contributed by atoms with E-state index in [0.717, 1.165) is 29.2 Å². The monoisotopic (exact) mass is 374 g/mol. The molecule has 0 bridgehead atoms. The van der Waals surface area contributed by atoms with Gasteiger partial charge in [0.25, 0.3) is 5.91 Å². The number of nitrogens with zero attached hydrogens (tertiary/aromatic N) is 1. The van der Waals surface area contributed by atoms with E-state index >= 15 is 0 Å². The number of likely N-dealkylation sites (N-methyl/N-ethyl adjacent to an activating group) is 1. The van der Waals surface area contributed by atoms with Crippen LogP contribution in [0.15, 0.2) is 48.5 Å². The molecule has 26 heavy (non-hydrogen) atoms. The summed E-state index contributed by atoms with van der Waals surface area (Å²) in [6, 6.07) is 15.5. The molecule has 0 saturated heterocycles. The van der Waals surface area contributed by atoms with Gasteiger partial charge in [-0.1, -0.05) is 61.3 Å². The van der Waals surface area contributed by atoms with E-state index in [9.17, 15) is 4.79 Å². The molecule has 0 fully saturated rings. The SMILES string of the molecule is CCN(CC)[C@@H](CNC(=O)COc1ccc(C)cc1)c1ccccc1Cl. The maximum atomic E-state index is 12.2. The third kappa shape index (κ3) is 5.75. The van der Waals surface area contributed by atoms with Crippen LogP contribution in [0.4, 0.5) is 0 Å². The molecule has 5 heteroatoms. The highest BCUT2D eigenvalue weighted by molar-refractivity contribution is 6.31. The van der Waals surface area contributed by atoms with Crippen molar-refractivity contribution >= 4 is 17.5 Å². The smallest absolute Gasteiger partial charge is 0.258 e. The number of aryl methyl sites for hydroxylation is 1. The van der Waals surface area contributed by atoms with Gasteiger partial charge in [-0.2, -0.15) is 0 Å². The highest BCUT2D eigenvalue weighted by Crippen LogP contribution is 2.26. The maximum Gasteiger partial charge on any atom is 0.258 e. The summed E-state index contributed by atoms with van der Waals surface area (Å²) in [6.07, 6.45) is 0. The van der Waals surface area contributed by atoms with Gasteiger partial charge in [-0.05, 0) is 43.8 Å². The van der Waals surface area contributed by atoms with Crippen molar-refractivity contribution in [3.63, 3.8) is 0 Å². The van der Waals surface area contributed by atoms with Crippen LogP contribution < -0.4 is 10.1 Å². The van der Waals surface area contributed by atoms with Crippen LogP contribution in [0.5, 0.6) is 5.75 Å². The first-order chi connectivity index (χ1) is 12.5. The predicted molar refractivity (Wildman–Crippen MR) is 107 cm³/mol. The lowest BCUT2D eigenvalue weighted by Crippen LogP contribution is -2.39. The summed E-state index contributed by atoms with van der Waals surface area (Å²) in [7, 11) is 0. The standard InChI is InChI=1S/C21H27ClN2O2/c1-4-24(5-2)20(18-8-6-7-9-19(18)22)14-23-21(25)15-26-17-12-10-16(3)11-13-17/h6-13,20H,4-5,14-15H2,1-3H3,(H,23,25)/t20-/m0/s1. The minimum absolute atomic E-state index is 0.00342. The minimum Gasteiger partial charge on any atom is -0.484 e. The molecule has 0 unspecified atom stereocenters. The second kappa shape index (κ2) is 10.2. The molecule has 0 heterocycles. The molecule has 0 saturated carbocycles. The second-order valence-electron chi connectivity index (χ2n) is 6.16. The molecule has 0 spiro atoms. The number of hydrogen-bond acceptors (Lipinski definition) is 3. The molecule has 0 aliphatic heterocycles. The highest BCUT2D eigenvalue weighted by atomic mass is 35.5. The molecule has 0 radical (unpaired) electrons. The lowest BCUT2D eigenvalue weighted by molar-refractivity contribution is -0.123. The third-order valence-corrected chi connectivity index (χ3v) is 4.75. The molecular weight excluding hydrogens is 348 g/mol. The number of halogens is 1. The fourth-order valence-electron chi connectivity index (χ4n) is 2.89. The molecule has 0 aliphatic rings. The molecule has 2 rings (SSSR count). The first-order valence-corrected chi connectivity index (χ1v) is 9.37. The van der Waals surface area contributed by atoms with Gasteiger partial charge in [-0.15, -0.1) is 0 Å². The van der Waals surface area contributed by atoms with Crippen LogP contribution in [0, 0.1) is 6.92 Å². The van der Waals surface area contributed by atoms with Gasteiger partial charge >= 0.3 is 0 Å². The van der Waals surface area contributed by atoms with Gasteiger partial charge in [0.1, 0.15) is 5.75 Å². The van der Waals surface area contributed by atoms with Crippen molar-refractivity contribution < 1.29 is 9.53 Å². The van der Waals surface area contributed by atoms with Crippen LogP contribution in [0.25, 0.3) is 0 Å². The Hall–Kier alpha value is -2.04. The number of rotatable bonds is 9. The van der Waals surface area contributed by atoms with E-state index in [4.69, 9.17) is 16.3 Å². The molecule has 0 aliphatic carbocycles. The highest BCUT2D eigenvalue weighted by Gasteiger charge is 2.21. The molecular formula is C21H27ClN2O2. The number of benzene rings is 2. The van der Waals surface area contributed by atoms with Crippen molar-refractivity contribution in [1.82, 2.24) is 10.2 Å². The van der Waals surface area contributed by atoms with E-state index in [1.165, 1.54) is 0 Å². The van der Waals surface area contributed by atoms with Crippen molar-refractivity contribution in [3.8, 4) is 5.75 Å². The third-order valence-electron chi connectivity index (χ3n) is 4.40. The number of ether oxygens (including phenoxy) is 1. The molecule has 2 aromatic carbocycles. The first kappa shape index (κ1) is 20.3. The van der Waals surface area contributed by atoms with E-state index in [1.807, 2.05) is 55.5 Å². The van der Waals surface area contributed by atoms with Gasteiger partial charge < -0.3 is 10.1 Å². The first-order valence-electron chi connectivity index (χ1n) is 8.99. The summed E-state index contributed by atoms with van der Waals surface area (Å²) >= 11 is 6.38. The van der Waals surface area contributed by atoms with Crippen LogP contribution in [0.1, 0.15) is 31.0 Å². The molecule has 1 amide bonds. The Labute approximate surface area is 161 Å². The Morgan fingerprint density at radius 2 is 1.77 bits per heavy atom. The Morgan fingerprint density at radius 1 is 1.12 bits per heavy atom. The zero-order valence-corrected chi connectivity index (χ0v) is 16.4. The fraction of sp³-hybridized carbons (Fsp3) is 0.381. The molecule has 1 atom stereocenters. The molecule has 140 valence electrons. The Kier molecular flexibility index (Phi) is 7.95. The van der Waals surface area contributed by atoms with E-state index in [1.54, 1.807) is 0 Å². The van der Waals surface area contributed by atoms with Crippen LogP contribution >= 0.6 is 11.6 Å². The summed E-state index contributed by atoms with van der Waals surface area (Å²) in [5.41, 5.74) is 2.18. The van der Waals surface area contributed by atoms with E-state index in [2.05, 4.69) is 24.1 Å². The van der Waals surface area contributed by atoms with Crippen LogP contribution in [0.2, 0.25) is 5.02 Å². The number of nitrogens with one attached hydrogen (secondary N) is 1. The summed E-state index contributed by atoms with van der Waals surface area (Å²) in [5, 5.41) is 3.69. The number of amides is 1. The average molecular weight is 375 g/mol. The van der Waals surface area contributed by atoms with Gasteiger partial charge in [-0.25, -0.2) is 0 Å². The normalized spacial score (nSPS) is 12.0. The van der Waals surface area contributed by atoms with E-state index in [-0.39, 0.29) is 18.6 Å². The lowest BCUT2D eigenvalue weighted by atomic mass is 10.0. The van der Waals surface area contributed by atoms with Crippen molar-refractivity contribution in [2.24, 2.45) is 0 Å². The van der Waals surface area contributed by atoms with Crippen LogP contribution in [-0.4, -0.2) is 37.0 Å². The van der Waals surface area contributed by atoms with Gasteiger partial charge in [-0.3, -0.25) is 9.69 Å². The fourth-order valence-corrected chi connectivity index (χ4v) is 3.15. The van der Waals surface area contributed by atoms with Crippen molar-refractivity contribution in [3.05, 3.63) is 64.7 Å². The molecule has 1 N–H and O–H groups in total. The summed E-state index contributed by atoms with van der Waals surface area (Å²) < 4.78 is 5.55. The van der Waals surface area contributed by atoms with E-state index in [0.29, 0.717) is 12.3 Å². The zero-order valence-electron chi connectivity index (χ0n) is 15.7. The van der Waals surface area contributed by atoms with Gasteiger partial charge in [0.15, 0.2) is 6.61 Å². The minimum atomic E-state index is -0.144. The topological polar surface area (TPSA) is 41.6 Å². The van der Waals surface area contributed by atoms with Crippen molar-refractivity contribution in [2.45, 2.75) is 26.8 Å². The molecule has 2 aromatic rings. The molecule has 4 nitrogen and oxygen atoms in total. The summed E-state index contributed by atoms with van der Waals surface area (Å²) in [4.78, 5) is 14.5. The van der Waals surface area contributed by atoms with Crippen LogP contribution in [0.3, 0.4) is 0 Å². The summed E-state index contributed by atoms with van der Waals surface area (Å²) in [5.74, 6) is 0.548. The predicted octanol–water partition coefficient (Wildman–Crippen LogP) is 4.23. The Bertz CT molecular complexity index is 699. The quantitative estimate of drug-likeness (QED) is 0.714. The van der Waals surface area contributed by atoms with Crippen LogP contribution in [-0.2, 0) is 4.79 Å².